The zero-order chi connectivity index (χ0) is 25.3. The van der Waals surface area contributed by atoms with Gasteiger partial charge in [-0.1, -0.05) is 12.1 Å². The molecule has 34 heavy (non-hydrogen) atoms. The van der Waals surface area contributed by atoms with Crippen molar-refractivity contribution >= 4 is 21.5 Å². The lowest BCUT2D eigenvalue weighted by Crippen LogP contribution is -2.25. The molecule has 0 amide bonds. The summed E-state index contributed by atoms with van der Waals surface area (Å²) >= 11 is 0. The minimum absolute atomic E-state index is 0.264. The van der Waals surface area contributed by atoms with Gasteiger partial charge in [-0.05, 0) is 18.2 Å². The number of hydroxylamine groups is 1. The number of aromatic nitrogens is 4. The molecule has 0 saturated heterocycles. The van der Waals surface area contributed by atoms with Gasteiger partial charge in [0.25, 0.3) is 0 Å². The number of alkyl halides is 6. The largest absolute Gasteiger partial charge is 0.471 e. The first kappa shape index (κ1) is 25.0. The monoisotopic (exact) mass is 510 g/mol. The number of pyridine rings is 2. The maximum absolute atomic E-state index is 12.7. The van der Waals surface area contributed by atoms with Crippen LogP contribution in [0.5, 0.6) is 0 Å². The van der Waals surface area contributed by atoms with Crippen LogP contribution in [0, 0.1) is 0 Å². The van der Waals surface area contributed by atoms with Gasteiger partial charge in [-0.3, -0.25) is 15.7 Å². The van der Waals surface area contributed by atoms with Gasteiger partial charge in [-0.25, -0.2) is 18.4 Å². The van der Waals surface area contributed by atoms with Crippen molar-refractivity contribution in [3.8, 4) is 11.4 Å². The summed E-state index contributed by atoms with van der Waals surface area (Å²) in [6, 6.07) is 2.41. The van der Waals surface area contributed by atoms with E-state index in [9.17, 15) is 40.0 Å². The van der Waals surface area contributed by atoms with Crippen LogP contribution in [0.15, 0.2) is 45.0 Å². The van der Waals surface area contributed by atoms with E-state index in [4.69, 9.17) is 0 Å². The van der Waals surface area contributed by atoms with Gasteiger partial charge in [0.2, 0.25) is 5.82 Å². The molecule has 0 aromatic carbocycles. The van der Waals surface area contributed by atoms with Gasteiger partial charge >= 0.3 is 18.2 Å². The first-order valence-electron chi connectivity index (χ1n) is 8.92. The predicted molar refractivity (Wildman–Crippen MR) is 101 cm³/mol. The molecule has 0 fully saturated rings. The Morgan fingerprint density at radius 1 is 1.12 bits per heavy atom. The number of rotatable bonds is 5. The molecular formula is C17H12F6N6O4S. The maximum Gasteiger partial charge on any atom is 0.471 e. The number of amidine groups is 1. The Balaban J connectivity index is 2.11. The van der Waals surface area contributed by atoms with Gasteiger partial charge in [0.05, 0.1) is 16.2 Å². The van der Waals surface area contributed by atoms with Crippen molar-refractivity contribution in [3.05, 3.63) is 47.7 Å². The number of halogens is 6. The Morgan fingerprint density at radius 2 is 1.82 bits per heavy atom. The summed E-state index contributed by atoms with van der Waals surface area (Å²) < 4.78 is 106. The van der Waals surface area contributed by atoms with Crippen molar-refractivity contribution in [3.63, 3.8) is 0 Å². The first-order valence-corrected chi connectivity index (χ1v) is 10.6. The second-order valence-electron chi connectivity index (χ2n) is 6.37. The summed E-state index contributed by atoms with van der Waals surface area (Å²) in [6.45, 7) is 1.27. The van der Waals surface area contributed by atoms with Crippen molar-refractivity contribution < 1.29 is 44.5 Å². The average Bonchev–Trinajstić information content (AvgIpc) is 3.28. The van der Waals surface area contributed by atoms with Crippen molar-refractivity contribution in [2.24, 2.45) is 4.99 Å². The lowest BCUT2D eigenvalue weighted by atomic mass is 10.2. The highest BCUT2D eigenvalue weighted by Crippen LogP contribution is 2.31. The van der Waals surface area contributed by atoms with Crippen LogP contribution in [0.3, 0.4) is 0 Å². The van der Waals surface area contributed by atoms with Gasteiger partial charge in [-0.2, -0.15) is 31.3 Å². The molecule has 182 valence electrons. The van der Waals surface area contributed by atoms with Crippen LogP contribution < -0.4 is 5.48 Å². The SMILES string of the molecule is CCS(=O)(=O)c1cc(-c2noc(C(F)(F)F)n2)cnc1C(=Nc1ccc(C(F)(F)F)cn1)NO. The molecule has 3 aromatic heterocycles. The Labute approximate surface area is 186 Å². The molecule has 2 N–H and O–H groups in total. The van der Waals surface area contributed by atoms with E-state index in [2.05, 4.69) is 29.6 Å². The Bertz CT molecular complexity index is 1320. The Hall–Kier alpha value is -3.60. The molecule has 0 aliphatic carbocycles. The van der Waals surface area contributed by atoms with E-state index < -0.39 is 61.6 Å². The van der Waals surface area contributed by atoms with E-state index in [0.717, 1.165) is 18.3 Å². The zero-order valence-electron chi connectivity index (χ0n) is 16.7. The van der Waals surface area contributed by atoms with E-state index in [1.54, 1.807) is 5.48 Å². The smallest absolute Gasteiger partial charge is 0.329 e. The number of hydrogen-bond acceptors (Lipinski definition) is 9. The fourth-order valence-electron chi connectivity index (χ4n) is 2.46. The van der Waals surface area contributed by atoms with E-state index in [0.29, 0.717) is 12.3 Å². The first-order chi connectivity index (χ1) is 15.8. The summed E-state index contributed by atoms with van der Waals surface area (Å²) in [5.74, 6) is -3.72. The molecule has 10 nitrogen and oxygen atoms in total. The highest BCUT2D eigenvalue weighted by molar-refractivity contribution is 7.91. The molecule has 0 unspecified atom stereocenters. The maximum atomic E-state index is 12.7. The molecule has 0 spiro atoms. The van der Waals surface area contributed by atoms with Gasteiger partial charge in [0, 0.05) is 18.0 Å². The van der Waals surface area contributed by atoms with Crippen LogP contribution in [-0.2, 0) is 22.2 Å². The fraction of sp³-hybridized carbons (Fsp3) is 0.235. The normalized spacial score (nSPS) is 13.2. The van der Waals surface area contributed by atoms with Crippen molar-refractivity contribution in [2.45, 2.75) is 24.2 Å². The number of nitrogens with zero attached hydrogens (tertiary/aromatic N) is 5. The van der Waals surface area contributed by atoms with E-state index in [1.165, 1.54) is 6.92 Å². The molecular weight excluding hydrogens is 498 g/mol. The van der Waals surface area contributed by atoms with Crippen LogP contribution >= 0.6 is 0 Å². The van der Waals surface area contributed by atoms with E-state index in [-0.39, 0.29) is 11.4 Å². The summed E-state index contributed by atoms with van der Waals surface area (Å²) in [7, 11) is -4.13. The van der Waals surface area contributed by atoms with Crippen LogP contribution in [0.25, 0.3) is 11.4 Å². The topological polar surface area (TPSA) is 143 Å². The predicted octanol–water partition coefficient (Wildman–Crippen LogP) is 3.41. The van der Waals surface area contributed by atoms with Crippen LogP contribution in [-0.4, -0.2) is 45.3 Å². The summed E-state index contributed by atoms with van der Waals surface area (Å²) in [5.41, 5.74) is -0.231. The van der Waals surface area contributed by atoms with Crippen LogP contribution in [0.2, 0.25) is 0 Å². The van der Waals surface area contributed by atoms with Crippen LogP contribution in [0.1, 0.15) is 24.1 Å². The minimum Gasteiger partial charge on any atom is -0.329 e. The van der Waals surface area contributed by atoms with Gasteiger partial charge in [0.1, 0.15) is 5.69 Å². The number of hydrogen-bond donors (Lipinski definition) is 2. The third-order valence-corrected chi connectivity index (χ3v) is 5.87. The number of aliphatic imine (C=N–C) groups is 1. The molecule has 3 heterocycles. The summed E-state index contributed by atoms with van der Waals surface area (Å²) in [6.07, 6.45) is -8.23. The second-order valence-corrected chi connectivity index (χ2v) is 8.62. The Morgan fingerprint density at radius 3 is 2.32 bits per heavy atom. The summed E-state index contributed by atoms with van der Waals surface area (Å²) in [5, 5.41) is 12.6. The standard InChI is InChI=1S/C17H12F6N6O4S/c1-2-34(31,32)10-5-8(13-27-15(33-29-13)17(21,22)23)6-25-12(10)14(28-30)26-11-4-3-9(7-24-11)16(18,19)20/h3-7,30H,2H2,1H3,(H,24,26,28). The quantitative estimate of drug-likeness (QED) is 0.228. The number of nitrogens with one attached hydrogen (secondary N) is 1. The third-order valence-electron chi connectivity index (χ3n) is 4.13. The molecule has 0 aliphatic rings. The molecule has 0 atom stereocenters. The minimum atomic E-state index is -4.94. The molecule has 0 radical (unpaired) electrons. The van der Waals surface area contributed by atoms with Crippen molar-refractivity contribution in [1.29, 1.82) is 0 Å². The molecule has 3 aromatic rings. The van der Waals surface area contributed by atoms with Crippen LogP contribution in [0.4, 0.5) is 32.2 Å². The van der Waals surface area contributed by atoms with E-state index >= 15 is 0 Å². The zero-order valence-corrected chi connectivity index (χ0v) is 17.5. The highest BCUT2D eigenvalue weighted by Gasteiger charge is 2.38. The van der Waals surface area contributed by atoms with E-state index in [1.807, 2.05) is 0 Å². The molecule has 0 aliphatic heterocycles. The lowest BCUT2D eigenvalue weighted by Gasteiger charge is -2.11. The van der Waals surface area contributed by atoms with Gasteiger partial charge in [0.15, 0.2) is 21.5 Å². The fourth-order valence-corrected chi connectivity index (χ4v) is 3.52. The molecule has 0 bridgehead atoms. The summed E-state index contributed by atoms with van der Waals surface area (Å²) in [4.78, 5) is 13.6. The molecule has 0 saturated carbocycles. The second kappa shape index (κ2) is 8.98. The number of sulfone groups is 1. The molecule has 17 heteroatoms. The Kier molecular flexibility index (Phi) is 6.61. The third kappa shape index (κ3) is 5.30. The van der Waals surface area contributed by atoms with Crippen molar-refractivity contribution in [1.82, 2.24) is 25.6 Å². The average molecular weight is 510 g/mol. The molecule has 3 rings (SSSR count). The lowest BCUT2D eigenvalue weighted by molar-refractivity contribution is -0.159. The highest BCUT2D eigenvalue weighted by atomic mass is 32.2. The van der Waals surface area contributed by atoms with Crippen molar-refractivity contribution in [2.75, 3.05) is 5.75 Å². The van der Waals surface area contributed by atoms with Gasteiger partial charge in [-0.15, -0.1) is 0 Å². The van der Waals surface area contributed by atoms with Gasteiger partial charge < -0.3 is 4.52 Å².